The van der Waals surface area contributed by atoms with E-state index in [9.17, 15) is 0 Å². The molecule has 1 heteroatoms. The number of hydrogen-bond acceptors (Lipinski definition) is 1. The summed E-state index contributed by atoms with van der Waals surface area (Å²) in [5.74, 6) is 0.624. The lowest BCUT2D eigenvalue weighted by molar-refractivity contribution is 0.312. The molecule has 0 aliphatic carbocycles. The Labute approximate surface area is 112 Å². The van der Waals surface area contributed by atoms with Gasteiger partial charge in [-0.05, 0) is 42.9 Å². The van der Waals surface area contributed by atoms with E-state index in [2.05, 4.69) is 50.4 Å². The molecule has 1 saturated heterocycles. The highest BCUT2D eigenvalue weighted by Crippen LogP contribution is 2.33. The first-order valence-corrected chi connectivity index (χ1v) is 7.53. The van der Waals surface area contributed by atoms with Crippen molar-refractivity contribution in [2.45, 2.75) is 64.3 Å². The van der Waals surface area contributed by atoms with Crippen molar-refractivity contribution >= 4 is 0 Å². The predicted octanol–water partition coefficient (Wildman–Crippen LogP) is 4.58. The van der Waals surface area contributed by atoms with E-state index < -0.39 is 0 Å². The number of nitrogens with one attached hydrogen (secondary N) is 1. The molecule has 0 aromatic heterocycles. The van der Waals surface area contributed by atoms with Gasteiger partial charge in [0.05, 0.1) is 0 Å². The first-order chi connectivity index (χ1) is 8.68. The molecule has 1 aromatic carbocycles. The fourth-order valence-corrected chi connectivity index (χ4v) is 3.08. The molecule has 0 amide bonds. The van der Waals surface area contributed by atoms with Crippen molar-refractivity contribution in [1.82, 2.24) is 5.32 Å². The van der Waals surface area contributed by atoms with Crippen LogP contribution < -0.4 is 5.32 Å². The van der Waals surface area contributed by atoms with Gasteiger partial charge in [0, 0.05) is 5.54 Å². The summed E-state index contributed by atoms with van der Waals surface area (Å²) in [5, 5.41) is 3.81. The summed E-state index contributed by atoms with van der Waals surface area (Å²) in [6.45, 7) is 8.00. The maximum absolute atomic E-state index is 3.81. The third-order valence-electron chi connectivity index (χ3n) is 4.48. The number of hydrogen-bond donors (Lipinski definition) is 1. The lowest BCUT2D eigenvalue weighted by Gasteiger charge is -2.33. The second-order valence-corrected chi connectivity index (χ2v) is 5.95. The molecule has 1 aliphatic heterocycles. The summed E-state index contributed by atoms with van der Waals surface area (Å²) in [5.41, 5.74) is 3.15. The molecule has 1 nitrogen and oxygen atoms in total. The Hall–Kier alpha value is -0.820. The summed E-state index contributed by atoms with van der Waals surface area (Å²) >= 11 is 0. The Morgan fingerprint density at radius 1 is 1.11 bits per heavy atom. The molecule has 1 aliphatic rings. The van der Waals surface area contributed by atoms with Crippen LogP contribution in [0.25, 0.3) is 0 Å². The van der Waals surface area contributed by atoms with Crippen LogP contribution in [0.1, 0.15) is 69.9 Å². The standard InChI is InChI=1S/C17H27N/c1-4-17(12-6-5-7-13-18-17)16-10-8-15(9-11-16)14(2)3/h8-11,14,18H,4-7,12-13H2,1-3H3. The second kappa shape index (κ2) is 5.88. The van der Waals surface area contributed by atoms with Crippen LogP contribution in [0.3, 0.4) is 0 Å². The molecule has 1 N–H and O–H groups in total. The zero-order valence-corrected chi connectivity index (χ0v) is 12.1. The third-order valence-corrected chi connectivity index (χ3v) is 4.48. The lowest BCUT2D eigenvalue weighted by Crippen LogP contribution is -2.41. The van der Waals surface area contributed by atoms with Crippen molar-refractivity contribution in [1.29, 1.82) is 0 Å². The highest BCUT2D eigenvalue weighted by molar-refractivity contribution is 5.30. The van der Waals surface area contributed by atoms with Crippen molar-refractivity contribution in [3.8, 4) is 0 Å². The van der Waals surface area contributed by atoms with Crippen molar-refractivity contribution in [3.05, 3.63) is 35.4 Å². The fraction of sp³-hybridized carbons (Fsp3) is 0.647. The quantitative estimate of drug-likeness (QED) is 0.822. The average Bonchev–Trinajstić information content (AvgIpc) is 2.65. The summed E-state index contributed by atoms with van der Waals surface area (Å²) in [6, 6.07) is 9.31. The minimum Gasteiger partial charge on any atom is -0.307 e. The zero-order chi connectivity index (χ0) is 13.0. The molecule has 1 atom stereocenters. The van der Waals surface area contributed by atoms with Gasteiger partial charge in [-0.15, -0.1) is 0 Å². The van der Waals surface area contributed by atoms with Crippen molar-refractivity contribution in [2.24, 2.45) is 0 Å². The second-order valence-electron chi connectivity index (χ2n) is 5.95. The van der Waals surface area contributed by atoms with Crippen molar-refractivity contribution in [3.63, 3.8) is 0 Å². The predicted molar refractivity (Wildman–Crippen MR) is 79.0 cm³/mol. The van der Waals surface area contributed by atoms with Crippen molar-refractivity contribution in [2.75, 3.05) is 6.54 Å². The van der Waals surface area contributed by atoms with Gasteiger partial charge in [-0.2, -0.15) is 0 Å². The van der Waals surface area contributed by atoms with Gasteiger partial charge in [-0.1, -0.05) is 57.9 Å². The molecule has 1 unspecified atom stereocenters. The third kappa shape index (κ3) is 2.77. The summed E-state index contributed by atoms with van der Waals surface area (Å²) < 4.78 is 0. The van der Waals surface area contributed by atoms with Crippen LogP contribution in [0.5, 0.6) is 0 Å². The first-order valence-electron chi connectivity index (χ1n) is 7.53. The van der Waals surface area contributed by atoms with Crippen LogP contribution in [0, 0.1) is 0 Å². The average molecular weight is 245 g/mol. The van der Waals surface area contributed by atoms with E-state index in [1.165, 1.54) is 49.8 Å². The molecular formula is C17H27N. The molecule has 1 aromatic rings. The Morgan fingerprint density at radius 2 is 1.83 bits per heavy atom. The van der Waals surface area contributed by atoms with Crippen LogP contribution in [0.2, 0.25) is 0 Å². The van der Waals surface area contributed by atoms with Crippen LogP contribution in [0.4, 0.5) is 0 Å². The molecule has 0 radical (unpaired) electrons. The first kappa shape index (κ1) is 13.6. The normalized spacial score (nSPS) is 25.1. The SMILES string of the molecule is CCC1(c2ccc(C(C)C)cc2)CCCCCN1. The van der Waals surface area contributed by atoms with Gasteiger partial charge in [-0.3, -0.25) is 0 Å². The van der Waals surface area contributed by atoms with Crippen LogP contribution >= 0.6 is 0 Å². The number of benzene rings is 1. The molecule has 0 saturated carbocycles. The minimum atomic E-state index is 0.228. The van der Waals surface area contributed by atoms with Gasteiger partial charge in [0.2, 0.25) is 0 Å². The van der Waals surface area contributed by atoms with Gasteiger partial charge in [-0.25, -0.2) is 0 Å². The topological polar surface area (TPSA) is 12.0 Å². The van der Waals surface area contributed by atoms with E-state index in [0.29, 0.717) is 5.92 Å². The fourth-order valence-electron chi connectivity index (χ4n) is 3.08. The van der Waals surface area contributed by atoms with E-state index in [0.717, 1.165) is 0 Å². The van der Waals surface area contributed by atoms with E-state index in [-0.39, 0.29) is 5.54 Å². The minimum absolute atomic E-state index is 0.228. The van der Waals surface area contributed by atoms with E-state index in [4.69, 9.17) is 0 Å². The Balaban J connectivity index is 2.25. The molecular weight excluding hydrogens is 218 g/mol. The molecule has 1 fully saturated rings. The molecule has 100 valence electrons. The maximum atomic E-state index is 3.81. The molecule has 2 rings (SSSR count). The largest absolute Gasteiger partial charge is 0.307 e. The van der Waals surface area contributed by atoms with Crippen LogP contribution in [0.15, 0.2) is 24.3 Å². The van der Waals surface area contributed by atoms with Crippen molar-refractivity contribution < 1.29 is 0 Å². The van der Waals surface area contributed by atoms with E-state index in [1.54, 1.807) is 0 Å². The van der Waals surface area contributed by atoms with Gasteiger partial charge in [0.25, 0.3) is 0 Å². The van der Waals surface area contributed by atoms with E-state index in [1.807, 2.05) is 0 Å². The maximum Gasteiger partial charge on any atom is 0.0432 e. The van der Waals surface area contributed by atoms with Gasteiger partial charge in [0.1, 0.15) is 0 Å². The summed E-state index contributed by atoms with van der Waals surface area (Å²) in [6.07, 6.45) is 6.52. The molecule has 0 bridgehead atoms. The Morgan fingerprint density at radius 3 is 2.44 bits per heavy atom. The van der Waals surface area contributed by atoms with Gasteiger partial charge < -0.3 is 5.32 Å². The van der Waals surface area contributed by atoms with Gasteiger partial charge >= 0.3 is 0 Å². The highest BCUT2D eigenvalue weighted by Gasteiger charge is 2.30. The summed E-state index contributed by atoms with van der Waals surface area (Å²) in [4.78, 5) is 0. The Bertz CT molecular complexity index is 356. The monoisotopic (exact) mass is 245 g/mol. The number of rotatable bonds is 3. The Kier molecular flexibility index (Phi) is 4.45. The molecule has 0 spiro atoms. The summed E-state index contributed by atoms with van der Waals surface area (Å²) in [7, 11) is 0. The van der Waals surface area contributed by atoms with Crippen LogP contribution in [-0.2, 0) is 5.54 Å². The van der Waals surface area contributed by atoms with Crippen LogP contribution in [-0.4, -0.2) is 6.54 Å². The lowest BCUT2D eigenvalue weighted by atomic mass is 9.82. The highest BCUT2D eigenvalue weighted by atomic mass is 15.0. The molecule has 18 heavy (non-hydrogen) atoms. The molecule has 1 heterocycles. The van der Waals surface area contributed by atoms with E-state index >= 15 is 0 Å². The smallest absolute Gasteiger partial charge is 0.0432 e. The zero-order valence-electron chi connectivity index (χ0n) is 12.1. The van der Waals surface area contributed by atoms with Gasteiger partial charge in [0.15, 0.2) is 0 Å².